The molecule has 0 bridgehead atoms. The summed E-state index contributed by atoms with van der Waals surface area (Å²) in [5.41, 5.74) is 0. The van der Waals surface area contributed by atoms with E-state index in [0.717, 1.165) is 12.5 Å². The van der Waals surface area contributed by atoms with Gasteiger partial charge in [-0.1, -0.05) is 0 Å². The molecule has 1 aromatic rings. The Balaban J connectivity index is 1.83. The van der Waals surface area contributed by atoms with Gasteiger partial charge in [-0.3, -0.25) is 10.1 Å². The van der Waals surface area contributed by atoms with Crippen molar-refractivity contribution in [3.05, 3.63) is 21.9 Å². The first-order valence-corrected chi connectivity index (χ1v) is 7.09. The first-order valence-electron chi connectivity index (χ1n) is 6.28. The molecule has 0 spiro atoms. The number of thiophene rings is 1. The van der Waals surface area contributed by atoms with Crippen LogP contribution < -0.4 is 5.32 Å². The van der Waals surface area contributed by atoms with Gasteiger partial charge in [-0.15, -0.1) is 11.3 Å². The fourth-order valence-electron chi connectivity index (χ4n) is 2.38. The third-order valence-corrected chi connectivity index (χ3v) is 4.61. The molecule has 92 valence electrons. The van der Waals surface area contributed by atoms with Crippen LogP contribution in [0.5, 0.6) is 0 Å². The molecule has 1 saturated carbocycles. The highest BCUT2D eigenvalue weighted by atomic mass is 32.1. The maximum absolute atomic E-state index is 12.1. The topological polar surface area (TPSA) is 32.3 Å². The standard InChI is InChI=1S/C13H18N2OS/c1-8-3-6-11(17-8)12-14-9(2)13(16)15(12)7-10-4-5-10/h3,6,9-10,12,14H,4-5,7H2,1-2H3. The SMILES string of the molecule is Cc1ccc(C2NC(C)C(=O)N2CC2CC2)s1. The van der Waals surface area contributed by atoms with Crippen LogP contribution in [0.25, 0.3) is 0 Å². The lowest BCUT2D eigenvalue weighted by Crippen LogP contribution is -2.32. The van der Waals surface area contributed by atoms with Crippen LogP contribution in [-0.4, -0.2) is 23.4 Å². The largest absolute Gasteiger partial charge is 0.320 e. The zero-order valence-electron chi connectivity index (χ0n) is 10.3. The number of aryl methyl sites for hydroxylation is 1. The van der Waals surface area contributed by atoms with Crippen LogP contribution in [-0.2, 0) is 4.79 Å². The minimum atomic E-state index is -0.0406. The van der Waals surface area contributed by atoms with E-state index in [1.807, 2.05) is 11.8 Å². The molecule has 0 aromatic carbocycles. The van der Waals surface area contributed by atoms with E-state index in [2.05, 4.69) is 24.4 Å². The van der Waals surface area contributed by atoms with Crippen molar-refractivity contribution in [2.75, 3.05) is 6.54 Å². The molecule has 2 atom stereocenters. The quantitative estimate of drug-likeness (QED) is 0.892. The highest BCUT2D eigenvalue weighted by Gasteiger charge is 2.40. The zero-order chi connectivity index (χ0) is 12.0. The summed E-state index contributed by atoms with van der Waals surface area (Å²) in [4.78, 5) is 16.7. The Morgan fingerprint density at radius 2 is 2.24 bits per heavy atom. The van der Waals surface area contributed by atoms with Crippen LogP contribution in [0.3, 0.4) is 0 Å². The summed E-state index contributed by atoms with van der Waals surface area (Å²) in [5, 5.41) is 3.40. The molecule has 4 heteroatoms. The van der Waals surface area contributed by atoms with Gasteiger partial charge in [0.05, 0.1) is 6.04 Å². The van der Waals surface area contributed by atoms with Crippen LogP contribution >= 0.6 is 11.3 Å². The van der Waals surface area contributed by atoms with Crippen LogP contribution in [0.2, 0.25) is 0 Å². The first kappa shape index (κ1) is 11.2. The maximum atomic E-state index is 12.1. The Kier molecular flexibility index (Phi) is 2.71. The van der Waals surface area contributed by atoms with E-state index < -0.39 is 0 Å². The number of carbonyl (C=O) groups is 1. The molecule has 1 amide bonds. The molecule has 0 radical (unpaired) electrons. The highest BCUT2D eigenvalue weighted by molar-refractivity contribution is 7.12. The van der Waals surface area contributed by atoms with Crippen molar-refractivity contribution in [2.45, 2.75) is 38.9 Å². The van der Waals surface area contributed by atoms with Gasteiger partial charge in [0, 0.05) is 16.3 Å². The number of rotatable bonds is 3. The van der Waals surface area contributed by atoms with Crippen LogP contribution in [0.4, 0.5) is 0 Å². The number of nitrogens with one attached hydrogen (secondary N) is 1. The monoisotopic (exact) mass is 250 g/mol. The van der Waals surface area contributed by atoms with E-state index in [1.54, 1.807) is 11.3 Å². The Bertz CT molecular complexity index is 438. The van der Waals surface area contributed by atoms with Gasteiger partial charge in [-0.25, -0.2) is 0 Å². The fourth-order valence-corrected chi connectivity index (χ4v) is 3.33. The molecule has 1 aromatic heterocycles. The van der Waals surface area contributed by atoms with Gasteiger partial charge in [-0.05, 0) is 44.7 Å². The van der Waals surface area contributed by atoms with E-state index in [0.29, 0.717) is 0 Å². The van der Waals surface area contributed by atoms with E-state index in [1.165, 1.54) is 22.6 Å². The van der Waals surface area contributed by atoms with Gasteiger partial charge in [0.15, 0.2) is 0 Å². The molecule has 3 rings (SSSR count). The third-order valence-electron chi connectivity index (χ3n) is 3.56. The number of amides is 1. The summed E-state index contributed by atoms with van der Waals surface area (Å²) in [6, 6.07) is 4.23. The number of hydrogen-bond acceptors (Lipinski definition) is 3. The van der Waals surface area contributed by atoms with Gasteiger partial charge in [-0.2, -0.15) is 0 Å². The molecule has 1 N–H and O–H groups in total. The summed E-state index contributed by atoms with van der Waals surface area (Å²) < 4.78 is 0. The average Bonchev–Trinajstić information content (AvgIpc) is 2.95. The Morgan fingerprint density at radius 3 is 2.82 bits per heavy atom. The zero-order valence-corrected chi connectivity index (χ0v) is 11.1. The Labute approximate surface area is 106 Å². The average molecular weight is 250 g/mol. The molecule has 1 saturated heterocycles. The van der Waals surface area contributed by atoms with Gasteiger partial charge >= 0.3 is 0 Å². The Morgan fingerprint density at radius 1 is 1.47 bits per heavy atom. The molecule has 2 unspecified atom stereocenters. The Hall–Kier alpha value is -0.870. The van der Waals surface area contributed by atoms with E-state index in [9.17, 15) is 4.79 Å². The predicted molar refractivity (Wildman–Crippen MR) is 68.8 cm³/mol. The van der Waals surface area contributed by atoms with Gasteiger partial charge in [0.2, 0.25) is 5.91 Å². The van der Waals surface area contributed by atoms with Crippen molar-refractivity contribution in [3.63, 3.8) is 0 Å². The third kappa shape index (κ3) is 2.11. The normalized spacial score (nSPS) is 29.1. The van der Waals surface area contributed by atoms with Crippen LogP contribution in [0.15, 0.2) is 12.1 Å². The molecular formula is C13H18N2OS. The maximum Gasteiger partial charge on any atom is 0.241 e. The molecule has 1 aliphatic carbocycles. The second-order valence-corrected chi connectivity index (χ2v) is 6.49. The lowest BCUT2D eigenvalue weighted by atomic mass is 10.3. The van der Waals surface area contributed by atoms with Crippen molar-refractivity contribution in [2.24, 2.45) is 5.92 Å². The summed E-state index contributed by atoms with van der Waals surface area (Å²) >= 11 is 1.78. The summed E-state index contributed by atoms with van der Waals surface area (Å²) in [5.74, 6) is 1.00. The first-order chi connectivity index (χ1) is 8.15. The van der Waals surface area contributed by atoms with Gasteiger partial charge in [0.25, 0.3) is 0 Å². The molecule has 2 heterocycles. The van der Waals surface area contributed by atoms with Crippen LogP contribution in [0.1, 0.15) is 35.7 Å². The minimum Gasteiger partial charge on any atom is -0.320 e. The fraction of sp³-hybridized carbons (Fsp3) is 0.615. The molecule has 2 aliphatic rings. The van der Waals surface area contributed by atoms with Crippen molar-refractivity contribution < 1.29 is 4.79 Å². The van der Waals surface area contributed by atoms with Gasteiger partial charge in [0.1, 0.15) is 6.17 Å². The predicted octanol–water partition coefficient (Wildman–Crippen LogP) is 2.29. The summed E-state index contributed by atoms with van der Waals surface area (Å²) in [6.07, 6.45) is 2.68. The number of carbonyl (C=O) groups excluding carboxylic acids is 1. The van der Waals surface area contributed by atoms with Crippen molar-refractivity contribution in [3.8, 4) is 0 Å². The summed E-state index contributed by atoms with van der Waals surface area (Å²) in [6.45, 7) is 5.00. The molecular weight excluding hydrogens is 232 g/mol. The smallest absolute Gasteiger partial charge is 0.241 e. The van der Waals surface area contributed by atoms with Crippen molar-refractivity contribution in [1.82, 2.24) is 10.2 Å². The van der Waals surface area contributed by atoms with E-state index >= 15 is 0 Å². The number of nitrogens with zero attached hydrogens (tertiary/aromatic N) is 1. The number of hydrogen-bond donors (Lipinski definition) is 1. The lowest BCUT2D eigenvalue weighted by molar-refractivity contribution is -0.130. The highest BCUT2D eigenvalue weighted by Crippen LogP contribution is 2.36. The molecule has 17 heavy (non-hydrogen) atoms. The van der Waals surface area contributed by atoms with Crippen molar-refractivity contribution in [1.29, 1.82) is 0 Å². The van der Waals surface area contributed by atoms with Crippen LogP contribution in [0, 0.1) is 12.8 Å². The summed E-state index contributed by atoms with van der Waals surface area (Å²) in [7, 11) is 0. The molecule has 2 fully saturated rings. The van der Waals surface area contributed by atoms with E-state index in [4.69, 9.17) is 0 Å². The second kappa shape index (κ2) is 4.10. The minimum absolute atomic E-state index is 0.0406. The lowest BCUT2D eigenvalue weighted by Gasteiger charge is -2.23. The van der Waals surface area contributed by atoms with Gasteiger partial charge < -0.3 is 4.90 Å². The van der Waals surface area contributed by atoms with Crippen molar-refractivity contribution >= 4 is 17.2 Å². The second-order valence-electron chi connectivity index (χ2n) is 5.17. The molecule has 1 aliphatic heterocycles. The van der Waals surface area contributed by atoms with E-state index in [-0.39, 0.29) is 18.1 Å². The molecule has 3 nitrogen and oxygen atoms in total.